The summed E-state index contributed by atoms with van der Waals surface area (Å²) in [6.45, 7) is 5.64. The first kappa shape index (κ1) is 14.8. The van der Waals surface area contributed by atoms with Crippen molar-refractivity contribution in [2.45, 2.75) is 89.8 Å². The van der Waals surface area contributed by atoms with Crippen LogP contribution in [0.25, 0.3) is 0 Å². The fourth-order valence-electron chi connectivity index (χ4n) is 4.68. The second-order valence-electron chi connectivity index (χ2n) is 8.07. The first-order valence-corrected chi connectivity index (χ1v) is 8.95. The largest absolute Gasteiger partial charge is 0.378 e. The van der Waals surface area contributed by atoms with Crippen LogP contribution in [0.2, 0.25) is 0 Å². The third kappa shape index (κ3) is 2.92. The minimum Gasteiger partial charge on any atom is -0.378 e. The maximum absolute atomic E-state index is 5.99. The zero-order valence-electron chi connectivity index (χ0n) is 13.7. The monoisotopic (exact) mass is 279 g/mol. The van der Waals surface area contributed by atoms with E-state index in [0.717, 1.165) is 24.6 Å². The molecular formula is C18H33NO. The second kappa shape index (κ2) is 5.96. The molecule has 3 saturated carbocycles. The summed E-state index contributed by atoms with van der Waals surface area (Å²) in [4.78, 5) is 2.70. The molecule has 3 aliphatic carbocycles. The van der Waals surface area contributed by atoms with E-state index in [0.29, 0.717) is 11.5 Å². The summed E-state index contributed by atoms with van der Waals surface area (Å²) in [6.07, 6.45) is 12.9. The molecule has 0 atom stereocenters. The van der Waals surface area contributed by atoms with Crippen molar-refractivity contribution in [1.82, 2.24) is 4.90 Å². The van der Waals surface area contributed by atoms with Gasteiger partial charge in [0.05, 0.1) is 6.10 Å². The highest BCUT2D eigenvalue weighted by atomic mass is 16.5. The van der Waals surface area contributed by atoms with Crippen LogP contribution in [0.3, 0.4) is 0 Å². The van der Waals surface area contributed by atoms with E-state index in [1.165, 1.54) is 57.8 Å². The number of nitrogens with zero attached hydrogens (tertiary/aromatic N) is 1. The maximum atomic E-state index is 5.99. The SMILES string of the molecule is CCCCCOC1CC2(C1)CC(N(C)[C@H]1C[C@H](C)C1)C2. The molecule has 3 aliphatic rings. The van der Waals surface area contributed by atoms with Gasteiger partial charge >= 0.3 is 0 Å². The van der Waals surface area contributed by atoms with Gasteiger partial charge in [-0.1, -0.05) is 26.7 Å². The number of rotatable bonds is 7. The van der Waals surface area contributed by atoms with E-state index in [9.17, 15) is 0 Å². The molecule has 0 N–H and O–H groups in total. The summed E-state index contributed by atoms with van der Waals surface area (Å²) in [5, 5.41) is 0. The molecule has 0 bridgehead atoms. The summed E-state index contributed by atoms with van der Waals surface area (Å²) >= 11 is 0. The van der Waals surface area contributed by atoms with Gasteiger partial charge in [0.2, 0.25) is 0 Å². The fourth-order valence-corrected chi connectivity index (χ4v) is 4.68. The van der Waals surface area contributed by atoms with E-state index in [4.69, 9.17) is 4.74 Å². The van der Waals surface area contributed by atoms with Crippen LogP contribution in [0.15, 0.2) is 0 Å². The number of unbranched alkanes of at least 4 members (excludes halogenated alkanes) is 2. The molecule has 0 unspecified atom stereocenters. The summed E-state index contributed by atoms with van der Waals surface area (Å²) in [5.74, 6) is 0.973. The number of hydrogen-bond acceptors (Lipinski definition) is 2. The first-order chi connectivity index (χ1) is 9.62. The van der Waals surface area contributed by atoms with Crippen molar-refractivity contribution in [3.8, 4) is 0 Å². The minimum atomic E-state index is 0.599. The molecule has 0 heterocycles. The van der Waals surface area contributed by atoms with Gasteiger partial charge in [0.15, 0.2) is 0 Å². The first-order valence-electron chi connectivity index (χ1n) is 8.95. The average Bonchev–Trinajstić information content (AvgIpc) is 2.29. The Hall–Kier alpha value is -0.0800. The van der Waals surface area contributed by atoms with E-state index in [2.05, 4.69) is 25.8 Å². The molecule has 2 heteroatoms. The van der Waals surface area contributed by atoms with Gasteiger partial charge in [-0.25, -0.2) is 0 Å². The topological polar surface area (TPSA) is 12.5 Å². The summed E-state index contributed by atoms with van der Waals surface area (Å²) < 4.78 is 5.99. The highest BCUT2D eigenvalue weighted by molar-refractivity contribution is 5.07. The Labute approximate surface area is 125 Å². The van der Waals surface area contributed by atoms with E-state index in [1.54, 1.807) is 0 Å². The predicted octanol–water partition coefficient (Wildman–Crippen LogP) is 4.23. The Balaban J connectivity index is 1.29. The molecule has 0 aromatic carbocycles. The molecule has 116 valence electrons. The molecule has 0 aliphatic heterocycles. The van der Waals surface area contributed by atoms with Crippen molar-refractivity contribution in [2.75, 3.05) is 13.7 Å². The van der Waals surface area contributed by atoms with Gasteiger partial charge in [-0.2, -0.15) is 0 Å². The van der Waals surface area contributed by atoms with E-state index < -0.39 is 0 Å². The molecule has 0 aromatic rings. The quantitative estimate of drug-likeness (QED) is 0.646. The molecule has 20 heavy (non-hydrogen) atoms. The van der Waals surface area contributed by atoms with E-state index in [1.807, 2.05) is 0 Å². The van der Waals surface area contributed by atoms with Crippen LogP contribution in [-0.4, -0.2) is 36.7 Å². The van der Waals surface area contributed by atoms with Crippen LogP contribution >= 0.6 is 0 Å². The molecule has 0 amide bonds. The Kier molecular flexibility index (Phi) is 4.42. The normalized spacial score (nSPS) is 43.2. The van der Waals surface area contributed by atoms with Crippen molar-refractivity contribution < 1.29 is 4.74 Å². The van der Waals surface area contributed by atoms with Crippen LogP contribution in [0, 0.1) is 11.3 Å². The van der Waals surface area contributed by atoms with Gasteiger partial charge in [-0.15, -0.1) is 0 Å². The highest BCUT2D eigenvalue weighted by Crippen LogP contribution is 2.58. The van der Waals surface area contributed by atoms with Crippen LogP contribution in [0.1, 0.15) is 71.6 Å². The molecule has 1 spiro atoms. The highest BCUT2D eigenvalue weighted by Gasteiger charge is 2.55. The molecule has 2 nitrogen and oxygen atoms in total. The molecular weight excluding hydrogens is 246 g/mol. The number of ether oxygens (including phenoxy) is 1. The lowest BCUT2D eigenvalue weighted by Gasteiger charge is -2.61. The Bertz CT molecular complexity index is 309. The second-order valence-corrected chi connectivity index (χ2v) is 8.07. The van der Waals surface area contributed by atoms with Gasteiger partial charge in [-0.3, -0.25) is 0 Å². The zero-order valence-corrected chi connectivity index (χ0v) is 13.7. The van der Waals surface area contributed by atoms with Crippen molar-refractivity contribution in [2.24, 2.45) is 11.3 Å². The van der Waals surface area contributed by atoms with Crippen molar-refractivity contribution in [3.05, 3.63) is 0 Å². The van der Waals surface area contributed by atoms with Gasteiger partial charge in [0, 0.05) is 18.7 Å². The lowest BCUT2D eigenvalue weighted by atomic mass is 9.52. The Morgan fingerprint density at radius 1 is 1.05 bits per heavy atom. The van der Waals surface area contributed by atoms with Gasteiger partial charge in [0.1, 0.15) is 0 Å². The van der Waals surface area contributed by atoms with Gasteiger partial charge in [0.25, 0.3) is 0 Å². The standard InChI is InChI=1S/C18H33NO/c1-4-5-6-7-20-17-12-18(13-17)10-16(11-18)19(3)15-8-14(2)9-15/h14-17H,4-13H2,1-3H3/t14-,15-,16?,17?,18?. The van der Waals surface area contributed by atoms with Crippen molar-refractivity contribution in [1.29, 1.82) is 0 Å². The van der Waals surface area contributed by atoms with Gasteiger partial charge in [-0.05, 0) is 63.3 Å². The summed E-state index contributed by atoms with van der Waals surface area (Å²) in [7, 11) is 2.37. The lowest BCUT2D eigenvalue weighted by molar-refractivity contribution is -0.152. The van der Waals surface area contributed by atoms with E-state index in [-0.39, 0.29) is 0 Å². The van der Waals surface area contributed by atoms with Crippen LogP contribution in [0.5, 0.6) is 0 Å². The molecule has 3 rings (SSSR count). The van der Waals surface area contributed by atoms with Crippen molar-refractivity contribution >= 4 is 0 Å². The minimum absolute atomic E-state index is 0.599. The smallest absolute Gasteiger partial charge is 0.0585 e. The predicted molar refractivity (Wildman–Crippen MR) is 83.9 cm³/mol. The average molecular weight is 279 g/mol. The Morgan fingerprint density at radius 2 is 1.75 bits per heavy atom. The molecule has 0 aromatic heterocycles. The van der Waals surface area contributed by atoms with Crippen LogP contribution in [-0.2, 0) is 4.74 Å². The fraction of sp³-hybridized carbons (Fsp3) is 1.00. The third-order valence-electron chi connectivity index (χ3n) is 6.26. The molecule has 3 fully saturated rings. The van der Waals surface area contributed by atoms with Gasteiger partial charge < -0.3 is 9.64 Å². The molecule has 0 radical (unpaired) electrons. The van der Waals surface area contributed by atoms with E-state index >= 15 is 0 Å². The summed E-state index contributed by atoms with van der Waals surface area (Å²) in [5.41, 5.74) is 0.698. The Morgan fingerprint density at radius 3 is 2.35 bits per heavy atom. The maximum Gasteiger partial charge on any atom is 0.0585 e. The third-order valence-corrected chi connectivity index (χ3v) is 6.26. The lowest BCUT2D eigenvalue weighted by Crippen LogP contribution is -2.60. The van der Waals surface area contributed by atoms with Crippen molar-refractivity contribution in [3.63, 3.8) is 0 Å². The number of hydrogen-bond donors (Lipinski definition) is 0. The molecule has 0 saturated heterocycles. The van der Waals surface area contributed by atoms with Crippen LogP contribution < -0.4 is 0 Å². The zero-order chi connectivity index (χ0) is 14.2. The summed E-state index contributed by atoms with van der Waals surface area (Å²) in [6, 6.07) is 1.78. The van der Waals surface area contributed by atoms with Crippen LogP contribution in [0.4, 0.5) is 0 Å².